The number of rotatable bonds is 7. The fourth-order valence-electron chi connectivity index (χ4n) is 2.80. The van der Waals surface area contributed by atoms with Crippen LogP contribution in [0.4, 0.5) is 0 Å². The molecule has 0 atom stereocenters. The number of nitrogens with one attached hydrogen (secondary N) is 1. The number of hydrogen-bond acceptors (Lipinski definition) is 3. The standard InChI is InChI=1S/C19H23N5O/c1-15-8-10-23(22-15)14-19(25)20-9-11-24-16(2)13-21-18(24)12-17-6-4-3-5-7-17/h3-8,10,13H,9,11-12,14H2,1-2H3,(H,20,25). The minimum atomic E-state index is -0.0366. The molecule has 3 rings (SSSR count). The van der Waals surface area contributed by atoms with Crippen LogP contribution in [-0.2, 0) is 24.3 Å². The highest BCUT2D eigenvalue weighted by molar-refractivity contribution is 5.75. The van der Waals surface area contributed by atoms with E-state index < -0.39 is 0 Å². The summed E-state index contributed by atoms with van der Waals surface area (Å²) in [6.07, 6.45) is 4.48. The smallest absolute Gasteiger partial charge is 0.241 e. The van der Waals surface area contributed by atoms with E-state index in [4.69, 9.17) is 0 Å². The number of imidazole rings is 1. The molecule has 3 aromatic rings. The molecule has 0 saturated heterocycles. The lowest BCUT2D eigenvalue weighted by Crippen LogP contribution is -2.31. The molecule has 25 heavy (non-hydrogen) atoms. The van der Waals surface area contributed by atoms with Crippen molar-refractivity contribution in [3.63, 3.8) is 0 Å². The molecule has 1 amide bonds. The van der Waals surface area contributed by atoms with Gasteiger partial charge in [0.05, 0.1) is 5.69 Å². The Hall–Kier alpha value is -2.89. The number of aromatic nitrogens is 4. The molecule has 0 unspecified atom stereocenters. The fraction of sp³-hybridized carbons (Fsp3) is 0.316. The Balaban J connectivity index is 1.54. The average molecular weight is 337 g/mol. The predicted octanol–water partition coefficient (Wildman–Crippen LogP) is 2.10. The number of hydrogen-bond donors (Lipinski definition) is 1. The van der Waals surface area contributed by atoms with E-state index in [1.807, 2.05) is 50.5 Å². The molecule has 2 aromatic heterocycles. The first-order chi connectivity index (χ1) is 12.1. The second kappa shape index (κ2) is 7.79. The van der Waals surface area contributed by atoms with E-state index in [9.17, 15) is 4.79 Å². The molecule has 6 heteroatoms. The highest BCUT2D eigenvalue weighted by Gasteiger charge is 2.09. The zero-order valence-electron chi connectivity index (χ0n) is 14.6. The minimum Gasteiger partial charge on any atom is -0.353 e. The first-order valence-corrected chi connectivity index (χ1v) is 8.43. The molecule has 0 fully saturated rings. The third kappa shape index (κ3) is 4.56. The SMILES string of the molecule is Cc1ccn(CC(=O)NCCn2c(C)cnc2Cc2ccccc2)n1. The number of benzene rings is 1. The second-order valence-corrected chi connectivity index (χ2v) is 6.13. The molecule has 0 spiro atoms. The zero-order valence-corrected chi connectivity index (χ0v) is 14.6. The van der Waals surface area contributed by atoms with Gasteiger partial charge in [0.2, 0.25) is 5.91 Å². The van der Waals surface area contributed by atoms with E-state index in [0.29, 0.717) is 13.1 Å². The van der Waals surface area contributed by atoms with Gasteiger partial charge in [0, 0.05) is 37.6 Å². The maximum absolute atomic E-state index is 12.0. The van der Waals surface area contributed by atoms with Crippen LogP contribution in [-0.4, -0.2) is 31.8 Å². The van der Waals surface area contributed by atoms with Crippen molar-refractivity contribution < 1.29 is 4.79 Å². The van der Waals surface area contributed by atoms with Crippen molar-refractivity contribution in [2.45, 2.75) is 33.4 Å². The Morgan fingerprint density at radius 2 is 1.96 bits per heavy atom. The quantitative estimate of drug-likeness (QED) is 0.718. The zero-order chi connectivity index (χ0) is 17.6. The third-order valence-corrected chi connectivity index (χ3v) is 4.08. The molecule has 130 valence electrons. The lowest BCUT2D eigenvalue weighted by molar-refractivity contribution is -0.121. The van der Waals surface area contributed by atoms with Gasteiger partial charge in [0.15, 0.2) is 0 Å². The number of nitrogens with zero attached hydrogens (tertiary/aromatic N) is 4. The molecular formula is C19H23N5O. The van der Waals surface area contributed by atoms with Gasteiger partial charge >= 0.3 is 0 Å². The fourth-order valence-corrected chi connectivity index (χ4v) is 2.80. The van der Waals surface area contributed by atoms with Crippen LogP contribution in [0.15, 0.2) is 48.8 Å². The van der Waals surface area contributed by atoms with Crippen molar-refractivity contribution >= 4 is 5.91 Å². The molecule has 0 aliphatic heterocycles. The summed E-state index contributed by atoms with van der Waals surface area (Å²) >= 11 is 0. The molecule has 0 aliphatic rings. The maximum Gasteiger partial charge on any atom is 0.241 e. The summed E-state index contributed by atoms with van der Waals surface area (Å²) in [4.78, 5) is 16.5. The number of aryl methyl sites for hydroxylation is 2. The van der Waals surface area contributed by atoms with E-state index in [1.54, 1.807) is 4.68 Å². The Labute approximate surface area is 147 Å². The van der Waals surface area contributed by atoms with E-state index in [1.165, 1.54) is 5.56 Å². The number of carbonyl (C=O) groups excluding carboxylic acids is 1. The van der Waals surface area contributed by atoms with Crippen molar-refractivity contribution in [1.82, 2.24) is 24.6 Å². The highest BCUT2D eigenvalue weighted by Crippen LogP contribution is 2.10. The summed E-state index contributed by atoms with van der Waals surface area (Å²) in [6, 6.07) is 12.2. The Morgan fingerprint density at radius 1 is 1.16 bits per heavy atom. The van der Waals surface area contributed by atoms with Crippen molar-refractivity contribution in [3.8, 4) is 0 Å². The molecule has 6 nitrogen and oxygen atoms in total. The van der Waals surface area contributed by atoms with Crippen LogP contribution in [0.1, 0.15) is 22.8 Å². The second-order valence-electron chi connectivity index (χ2n) is 6.13. The van der Waals surface area contributed by atoms with Gasteiger partial charge in [0.25, 0.3) is 0 Å². The van der Waals surface area contributed by atoms with Crippen LogP contribution in [0.3, 0.4) is 0 Å². The molecule has 1 aromatic carbocycles. The van der Waals surface area contributed by atoms with Crippen molar-refractivity contribution in [1.29, 1.82) is 0 Å². The number of amides is 1. The first kappa shape index (κ1) is 17.0. The van der Waals surface area contributed by atoms with E-state index >= 15 is 0 Å². The molecule has 1 N–H and O–H groups in total. The Morgan fingerprint density at radius 3 is 2.68 bits per heavy atom. The summed E-state index contributed by atoms with van der Waals surface area (Å²) < 4.78 is 3.80. The summed E-state index contributed by atoms with van der Waals surface area (Å²) in [5.41, 5.74) is 3.24. The molecule has 0 bridgehead atoms. The van der Waals surface area contributed by atoms with Crippen LogP contribution in [0, 0.1) is 13.8 Å². The molecule has 0 radical (unpaired) electrons. The normalized spacial score (nSPS) is 10.8. The van der Waals surface area contributed by atoms with Crippen LogP contribution >= 0.6 is 0 Å². The van der Waals surface area contributed by atoms with Crippen LogP contribution in [0.2, 0.25) is 0 Å². The van der Waals surface area contributed by atoms with Gasteiger partial charge in [-0.15, -0.1) is 0 Å². The van der Waals surface area contributed by atoms with Gasteiger partial charge in [0.1, 0.15) is 12.4 Å². The van der Waals surface area contributed by atoms with Gasteiger partial charge in [-0.05, 0) is 25.5 Å². The van der Waals surface area contributed by atoms with Crippen molar-refractivity contribution in [3.05, 3.63) is 71.6 Å². The summed E-state index contributed by atoms with van der Waals surface area (Å²) in [7, 11) is 0. The lowest BCUT2D eigenvalue weighted by Gasteiger charge is -2.11. The van der Waals surface area contributed by atoms with Crippen molar-refractivity contribution in [2.75, 3.05) is 6.54 Å². The topological polar surface area (TPSA) is 64.7 Å². The predicted molar refractivity (Wildman–Crippen MR) is 96.2 cm³/mol. The van der Waals surface area contributed by atoms with Gasteiger partial charge in [-0.3, -0.25) is 9.48 Å². The third-order valence-electron chi connectivity index (χ3n) is 4.08. The monoisotopic (exact) mass is 337 g/mol. The Kier molecular flexibility index (Phi) is 5.28. The maximum atomic E-state index is 12.0. The summed E-state index contributed by atoms with van der Waals surface area (Å²) in [5.74, 6) is 0.978. The molecule has 0 saturated carbocycles. The molecule has 2 heterocycles. The van der Waals surface area contributed by atoms with E-state index in [-0.39, 0.29) is 12.5 Å². The Bertz CT molecular complexity index is 835. The minimum absolute atomic E-state index is 0.0366. The van der Waals surface area contributed by atoms with Crippen LogP contribution in [0.25, 0.3) is 0 Å². The largest absolute Gasteiger partial charge is 0.353 e. The van der Waals surface area contributed by atoms with Gasteiger partial charge in [-0.1, -0.05) is 30.3 Å². The van der Waals surface area contributed by atoms with Gasteiger partial charge in [-0.2, -0.15) is 5.10 Å². The average Bonchev–Trinajstić information content (AvgIpc) is 3.15. The van der Waals surface area contributed by atoms with Crippen LogP contribution in [0.5, 0.6) is 0 Å². The van der Waals surface area contributed by atoms with Gasteiger partial charge in [-0.25, -0.2) is 4.98 Å². The summed E-state index contributed by atoms with van der Waals surface area (Å²) in [5, 5.41) is 7.17. The lowest BCUT2D eigenvalue weighted by atomic mass is 10.1. The van der Waals surface area contributed by atoms with Gasteiger partial charge < -0.3 is 9.88 Å². The van der Waals surface area contributed by atoms with E-state index in [2.05, 4.69) is 32.1 Å². The van der Waals surface area contributed by atoms with Crippen LogP contribution < -0.4 is 5.32 Å². The molecule has 0 aliphatic carbocycles. The first-order valence-electron chi connectivity index (χ1n) is 8.43. The number of carbonyl (C=O) groups is 1. The van der Waals surface area contributed by atoms with E-state index in [0.717, 1.165) is 23.6 Å². The molecular weight excluding hydrogens is 314 g/mol. The highest BCUT2D eigenvalue weighted by atomic mass is 16.2. The summed E-state index contributed by atoms with van der Waals surface area (Å²) in [6.45, 7) is 5.46. The van der Waals surface area contributed by atoms with Crippen molar-refractivity contribution in [2.24, 2.45) is 0 Å².